The summed E-state index contributed by atoms with van der Waals surface area (Å²) in [6.07, 6.45) is 4.95. The molecular weight excluding hydrogens is 381 g/mol. The van der Waals surface area contributed by atoms with Crippen LogP contribution in [0.4, 0.5) is 10.1 Å². The number of nitrogens with one attached hydrogen (secondary N) is 1. The first-order valence-corrected chi connectivity index (χ1v) is 10.7. The van der Waals surface area contributed by atoms with Gasteiger partial charge in [-0.1, -0.05) is 32.9 Å². The van der Waals surface area contributed by atoms with Crippen molar-refractivity contribution in [3.8, 4) is 0 Å². The Bertz CT molecular complexity index is 912. The summed E-state index contributed by atoms with van der Waals surface area (Å²) in [5.74, 6) is -1.06. The van der Waals surface area contributed by atoms with Crippen molar-refractivity contribution in [2.24, 2.45) is 5.41 Å². The molecule has 2 aromatic rings. The van der Waals surface area contributed by atoms with Crippen molar-refractivity contribution in [2.45, 2.75) is 33.2 Å². The summed E-state index contributed by atoms with van der Waals surface area (Å²) in [4.78, 5) is 16.8. The number of rotatable bonds is 7. The Labute approximate surface area is 165 Å². The van der Waals surface area contributed by atoms with E-state index in [1.807, 2.05) is 6.07 Å². The predicted molar refractivity (Wildman–Crippen MR) is 108 cm³/mol. The smallest absolute Gasteiger partial charge is 0.241 e. The number of sulfonamides is 1. The first kappa shape index (κ1) is 21.8. The van der Waals surface area contributed by atoms with E-state index in [1.165, 1.54) is 18.2 Å². The van der Waals surface area contributed by atoms with Crippen LogP contribution in [0.2, 0.25) is 0 Å². The van der Waals surface area contributed by atoms with E-state index < -0.39 is 28.3 Å². The van der Waals surface area contributed by atoms with E-state index in [-0.39, 0.29) is 17.1 Å². The van der Waals surface area contributed by atoms with E-state index >= 15 is 0 Å². The van der Waals surface area contributed by atoms with Crippen molar-refractivity contribution in [1.29, 1.82) is 0 Å². The van der Waals surface area contributed by atoms with Crippen LogP contribution in [0.25, 0.3) is 0 Å². The number of amides is 1. The number of halogens is 1. The zero-order valence-corrected chi connectivity index (χ0v) is 17.3. The highest BCUT2D eigenvalue weighted by atomic mass is 32.2. The largest absolute Gasteiger partial charge is 0.348 e. The monoisotopic (exact) mass is 407 g/mol. The third-order valence-corrected chi connectivity index (χ3v) is 5.16. The van der Waals surface area contributed by atoms with Gasteiger partial charge in [-0.25, -0.2) is 12.8 Å². The lowest BCUT2D eigenvalue weighted by atomic mass is 9.86. The molecule has 0 aliphatic rings. The Morgan fingerprint density at radius 3 is 2.50 bits per heavy atom. The quantitative estimate of drug-likeness (QED) is 0.764. The van der Waals surface area contributed by atoms with Gasteiger partial charge in [-0.05, 0) is 41.7 Å². The van der Waals surface area contributed by atoms with E-state index in [0.717, 1.165) is 22.2 Å². The van der Waals surface area contributed by atoms with Crippen LogP contribution in [0, 0.1) is 11.2 Å². The summed E-state index contributed by atoms with van der Waals surface area (Å²) >= 11 is 0. The molecule has 28 heavy (non-hydrogen) atoms. The van der Waals surface area contributed by atoms with Gasteiger partial charge < -0.3 is 5.32 Å². The topological polar surface area (TPSA) is 79.4 Å². The molecule has 1 N–H and O–H groups in total. The minimum absolute atomic E-state index is 0.0765. The van der Waals surface area contributed by atoms with Crippen molar-refractivity contribution >= 4 is 21.6 Å². The van der Waals surface area contributed by atoms with Crippen molar-refractivity contribution in [2.75, 3.05) is 17.1 Å². The fraction of sp³-hybridized carbons (Fsp3) is 0.400. The molecule has 0 saturated carbocycles. The van der Waals surface area contributed by atoms with E-state index in [9.17, 15) is 17.6 Å². The average molecular weight is 408 g/mol. The third kappa shape index (κ3) is 6.60. The Balaban J connectivity index is 2.24. The summed E-state index contributed by atoms with van der Waals surface area (Å²) in [7, 11) is -3.77. The Kier molecular flexibility index (Phi) is 6.77. The van der Waals surface area contributed by atoms with Gasteiger partial charge >= 0.3 is 0 Å². The molecule has 2 rings (SSSR count). The highest BCUT2D eigenvalue weighted by molar-refractivity contribution is 7.92. The molecule has 0 spiro atoms. The third-order valence-electron chi connectivity index (χ3n) is 4.02. The second-order valence-electron chi connectivity index (χ2n) is 7.92. The number of carbonyl (C=O) groups excluding carboxylic acids is 1. The Morgan fingerprint density at radius 1 is 1.25 bits per heavy atom. The van der Waals surface area contributed by atoms with Crippen molar-refractivity contribution < 1.29 is 17.6 Å². The summed E-state index contributed by atoms with van der Waals surface area (Å²) < 4.78 is 38.8. The minimum Gasteiger partial charge on any atom is -0.348 e. The Hall–Kier alpha value is -2.48. The summed E-state index contributed by atoms with van der Waals surface area (Å²) in [6.45, 7) is 5.72. The number of hydrogen-bond donors (Lipinski definition) is 1. The van der Waals surface area contributed by atoms with Crippen LogP contribution in [0.15, 0.2) is 48.8 Å². The maximum Gasteiger partial charge on any atom is 0.241 e. The molecule has 0 radical (unpaired) electrons. The number of nitrogens with zero attached hydrogens (tertiary/aromatic N) is 2. The number of carbonyl (C=O) groups is 1. The molecule has 0 bridgehead atoms. The van der Waals surface area contributed by atoms with Gasteiger partial charge in [0.1, 0.15) is 12.4 Å². The zero-order chi connectivity index (χ0) is 20.9. The first-order chi connectivity index (χ1) is 13.0. The van der Waals surface area contributed by atoms with Crippen LogP contribution in [0.3, 0.4) is 0 Å². The molecule has 8 heteroatoms. The standard InChI is InChI=1S/C20H26FN3O3S/c1-20(2,3)12-18(15-7-6-10-22-13-15)23-19(25)14-24(28(4,26)27)17-9-5-8-16(21)11-17/h5-11,13,18H,12,14H2,1-4H3,(H,23,25). The fourth-order valence-electron chi connectivity index (χ4n) is 2.85. The van der Waals surface area contributed by atoms with Gasteiger partial charge in [-0.15, -0.1) is 0 Å². The van der Waals surface area contributed by atoms with Gasteiger partial charge in [0.15, 0.2) is 0 Å². The van der Waals surface area contributed by atoms with E-state index in [0.29, 0.717) is 6.42 Å². The Morgan fingerprint density at radius 2 is 1.96 bits per heavy atom. The van der Waals surface area contributed by atoms with Crippen LogP contribution >= 0.6 is 0 Å². The minimum atomic E-state index is -3.77. The van der Waals surface area contributed by atoms with E-state index in [1.54, 1.807) is 18.5 Å². The van der Waals surface area contributed by atoms with Crippen molar-refractivity contribution in [1.82, 2.24) is 10.3 Å². The molecule has 0 fully saturated rings. The molecule has 152 valence electrons. The fourth-order valence-corrected chi connectivity index (χ4v) is 3.70. The number of benzene rings is 1. The van der Waals surface area contributed by atoms with Crippen LogP contribution in [0.1, 0.15) is 38.8 Å². The summed E-state index contributed by atoms with van der Waals surface area (Å²) in [5, 5.41) is 2.90. The molecule has 0 aliphatic heterocycles. The zero-order valence-electron chi connectivity index (χ0n) is 16.5. The predicted octanol–water partition coefficient (Wildman–Crippen LogP) is 3.28. The summed E-state index contributed by atoms with van der Waals surface area (Å²) in [6, 6.07) is 8.48. The molecule has 1 aromatic heterocycles. The number of pyridine rings is 1. The number of anilines is 1. The second-order valence-corrected chi connectivity index (χ2v) is 9.83. The first-order valence-electron chi connectivity index (χ1n) is 8.88. The molecule has 0 saturated heterocycles. The normalized spacial score (nSPS) is 13.0. The van der Waals surface area contributed by atoms with Gasteiger partial charge in [0.2, 0.25) is 15.9 Å². The van der Waals surface area contributed by atoms with Crippen LogP contribution in [-0.4, -0.2) is 32.1 Å². The molecule has 0 aliphatic carbocycles. The lowest BCUT2D eigenvalue weighted by Crippen LogP contribution is -2.42. The van der Waals surface area contributed by atoms with E-state index in [4.69, 9.17) is 0 Å². The SMILES string of the molecule is CC(C)(C)CC(NC(=O)CN(c1cccc(F)c1)S(C)(=O)=O)c1cccnc1. The average Bonchev–Trinajstić information content (AvgIpc) is 2.58. The lowest BCUT2D eigenvalue weighted by molar-refractivity contribution is -0.120. The molecule has 6 nitrogen and oxygen atoms in total. The second kappa shape index (κ2) is 8.68. The van der Waals surface area contributed by atoms with E-state index in [2.05, 4.69) is 31.1 Å². The molecule has 1 aromatic carbocycles. The molecule has 1 heterocycles. The molecule has 1 amide bonds. The maximum atomic E-state index is 13.5. The van der Waals surface area contributed by atoms with Crippen molar-refractivity contribution in [3.63, 3.8) is 0 Å². The van der Waals surface area contributed by atoms with Gasteiger partial charge in [-0.3, -0.25) is 14.1 Å². The molecule has 1 atom stereocenters. The maximum absolute atomic E-state index is 13.5. The highest BCUT2D eigenvalue weighted by Gasteiger charge is 2.25. The van der Waals surface area contributed by atoms with Gasteiger partial charge in [-0.2, -0.15) is 0 Å². The summed E-state index contributed by atoms with van der Waals surface area (Å²) in [5.41, 5.74) is 0.862. The van der Waals surface area contributed by atoms with Crippen molar-refractivity contribution in [3.05, 3.63) is 60.2 Å². The molecule has 1 unspecified atom stereocenters. The van der Waals surface area contributed by atoms with Crippen LogP contribution in [0.5, 0.6) is 0 Å². The highest BCUT2D eigenvalue weighted by Crippen LogP contribution is 2.29. The van der Waals surface area contributed by atoms with Crippen LogP contribution in [-0.2, 0) is 14.8 Å². The number of aromatic nitrogens is 1. The van der Waals surface area contributed by atoms with Crippen LogP contribution < -0.4 is 9.62 Å². The van der Waals surface area contributed by atoms with Gasteiger partial charge in [0.05, 0.1) is 18.0 Å². The molecular formula is C20H26FN3O3S. The number of hydrogen-bond acceptors (Lipinski definition) is 4. The van der Waals surface area contributed by atoms with Gasteiger partial charge in [0, 0.05) is 12.4 Å². The van der Waals surface area contributed by atoms with Gasteiger partial charge in [0.25, 0.3) is 0 Å². The lowest BCUT2D eigenvalue weighted by Gasteiger charge is -2.28.